The molecular formula is C8H18N2O2. The molecule has 1 atom stereocenters. The molecule has 0 bridgehead atoms. The first kappa shape index (κ1) is 11.4. The minimum absolute atomic E-state index is 0.0368. The van der Waals surface area contributed by atoms with Crippen LogP contribution in [0.1, 0.15) is 27.7 Å². The van der Waals surface area contributed by atoms with Gasteiger partial charge < -0.3 is 4.74 Å². The maximum absolute atomic E-state index is 11.1. The Kier molecular flexibility index (Phi) is 4.85. The minimum atomic E-state index is -0.449. The lowest BCUT2D eigenvalue weighted by Crippen LogP contribution is -2.44. The smallest absolute Gasteiger partial charge is 0.263 e. The molecule has 0 aliphatic heterocycles. The van der Waals surface area contributed by atoms with Gasteiger partial charge in [-0.2, -0.15) is 0 Å². The summed E-state index contributed by atoms with van der Waals surface area (Å²) >= 11 is 0. The standard InChI is InChI=1S/C8H18N2O2/c1-5(2)7(8(11)10-9)12-6(3)4/h5-7H,9H2,1-4H3,(H,10,11). The SMILES string of the molecule is CC(C)OC(C(=O)NN)C(C)C. The maximum Gasteiger partial charge on any atom is 0.263 e. The van der Waals surface area contributed by atoms with E-state index in [1.807, 2.05) is 27.7 Å². The summed E-state index contributed by atoms with van der Waals surface area (Å²) in [6.07, 6.45) is -0.412. The van der Waals surface area contributed by atoms with Crippen molar-refractivity contribution in [3.05, 3.63) is 0 Å². The monoisotopic (exact) mass is 174 g/mol. The summed E-state index contributed by atoms with van der Waals surface area (Å²) in [7, 11) is 0. The third-order valence-corrected chi connectivity index (χ3v) is 1.42. The zero-order valence-corrected chi connectivity index (χ0v) is 8.13. The van der Waals surface area contributed by atoms with Crippen molar-refractivity contribution in [2.24, 2.45) is 11.8 Å². The number of carbonyl (C=O) groups excluding carboxylic acids is 1. The summed E-state index contributed by atoms with van der Waals surface area (Å²) in [5.41, 5.74) is 2.09. The van der Waals surface area contributed by atoms with Crippen LogP contribution in [0.15, 0.2) is 0 Å². The Morgan fingerprint density at radius 3 is 2.08 bits per heavy atom. The van der Waals surface area contributed by atoms with Crippen molar-refractivity contribution in [3.8, 4) is 0 Å². The summed E-state index contributed by atoms with van der Waals surface area (Å²) in [6, 6.07) is 0. The van der Waals surface area contributed by atoms with E-state index in [1.54, 1.807) is 0 Å². The van der Waals surface area contributed by atoms with Crippen LogP contribution in [0, 0.1) is 5.92 Å². The molecule has 0 radical (unpaired) electrons. The normalized spacial score (nSPS) is 13.6. The van der Waals surface area contributed by atoms with Gasteiger partial charge in [0, 0.05) is 0 Å². The third-order valence-electron chi connectivity index (χ3n) is 1.42. The number of amides is 1. The van der Waals surface area contributed by atoms with E-state index < -0.39 is 6.10 Å². The first-order valence-corrected chi connectivity index (χ1v) is 4.15. The van der Waals surface area contributed by atoms with E-state index >= 15 is 0 Å². The Bertz CT molecular complexity index is 146. The van der Waals surface area contributed by atoms with Gasteiger partial charge in [-0.05, 0) is 19.8 Å². The first-order valence-electron chi connectivity index (χ1n) is 4.15. The quantitative estimate of drug-likeness (QED) is 0.369. The van der Waals surface area contributed by atoms with E-state index in [0.717, 1.165) is 0 Å². The fourth-order valence-electron chi connectivity index (χ4n) is 0.897. The molecule has 0 saturated carbocycles. The molecule has 72 valence electrons. The van der Waals surface area contributed by atoms with Crippen LogP contribution in [0.2, 0.25) is 0 Å². The highest BCUT2D eigenvalue weighted by molar-refractivity contribution is 5.80. The summed E-state index contributed by atoms with van der Waals surface area (Å²) in [6.45, 7) is 7.61. The van der Waals surface area contributed by atoms with Gasteiger partial charge in [-0.25, -0.2) is 5.84 Å². The molecule has 0 aliphatic rings. The van der Waals surface area contributed by atoms with Crippen molar-refractivity contribution >= 4 is 5.91 Å². The highest BCUT2D eigenvalue weighted by Crippen LogP contribution is 2.08. The zero-order chi connectivity index (χ0) is 9.72. The fourth-order valence-corrected chi connectivity index (χ4v) is 0.897. The van der Waals surface area contributed by atoms with E-state index in [1.165, 1.54) is 0 Å². The molecule has 0 saturated heterocycles. The van der Waals surface area contributed by atoms with Gasteiger partial charge >= 0.3 is 0 Å². The summed E-state index contributed by atoms with van der Waals surface area (Å²) in [5.74, 6) is 4.88. The average molecular weight is 174 g/mol. The molecule has 0 aromatic carbocycles. The van der Waals surface area contributed by atoms with Crippen LogP contribution in [0.3, 0.4) is 0 Å². The topological polar surface area (TPSA) is 64.3 Å². The first-order chi connectivity index (χ1) is 5.49. The van der Waals surface area contributed by atoms with Crippen molar-refractivity contribution in [2.45, 2.75) is 39.9 Å². The molecule has 4 heteroatoms. The molecule has 4 nitrogen and oxygen atoms in total. The average Bonchev–Trinajstić information content (AvgIpc) is 1.98. The zero-order valence-electron chi connectivity index (χ0n) is 8.13. The summed E-state index contributed by atoms with van der Waals surface area (Å²) in [4.78, 5) is 11.1. The van der Waals surface area contributed by atoms with Gasteiger partial charge in [0.15, 0.2) is 0 Å². The van der Waals surface area contributed by atoms with Crippen LogP contribution < -0.4 is 11.3 Å². The van der Waals surface area contributed by atoms with Crippen LogP contribution in [-0.4, -0.2) is 18.1 Å². The van der Waals surface area contributed by atoms with Crippen LogP contribution in [-0.2, 0) is 9.53 Å². The second kappa shape index (κ2) is 5.11. The highest BCUT2D eigenvalue weighted by atomic mass is 16.5. The molecule has 12 heavy (non-hydrogen) atoms. The molecule has 0 rings (SSSR count). The Balaban J connectivity index is 4.13. The lowest BCUT2D eigenvalue weighted by atomic mass is 10.1. The minimum Gasteiger partial charge on any atom is -0.365 e. The Morgan fingerprint density at radius 2 is 1.83 bits per heavy atom. The number of hydrazine groups is 1. The number of nitrogens with one attached hydrogen (secondary N) is 1. The Labute approximate surface area is 73.4 Å². The molecule has 1 amide bonds. The molecule has 0 aromatic rings. The summed E-state index contributed by atoms with van der Waals surface area (Å²) < 4.78 is 5.37. The number of rotatable bonds is 4. The van der Waals surface area contributed by atoms with E-state index in [4.69, 9.17) is 10.6 Å². The van der Waals surface area contributed by atoms with E-state index in [9.17, 15) is 4.79 Å². The van der Waals surface area contributed by atoms with Crippen LogP contribution >= 0.6 is 0 Å². The molecule has 0 aromatic heterocycles. The van der Waals surface area contributed by atoms with Crippen molar-refractivity contribution in [1.29, 1.82) is 0 Å². The number of hydrogen-bond acceptors (Lipinski definition) is 3. The molecule has 1 unspecified atom stereocenters. The predicted octanol–water partition coefficient (Wildman–Crippen LogP) is 0.426. The van der Waals surface area contributed by atoms with Crippen molar-refractivity contribution < 1.29 is 9.53 Å². The van der Waals surface area contributed by atoms with Gasteiger partial charge in [-0.15, -0.1) is 0 Å². The Morgan fingerprint density at radius 1 is 1.33 bits per heavy atom. The number of nitrogens with two attached hydrogens (primary N) is 1. The van der Waals surface area contributed by atoms with Crippen LogP contribution in [0.5, 0.6) is 0 Å². The van der Waals surface area contributed by atoms with Gasteiger partial charge in [0.1, 0.15) is 6.10 Å². The molecule has 0 aliphatic carbocycles. The van der Waals surface area contributed by atoms with Crippen molar-refractivity contribution in [3.63, 3.8) is 0 Å². The number of ether oxygens (including phenoxy) is 1. The van der Waals surface area contributed by atoms with Gasteiger partial charge in [-0.1, -0.05) is 13.8 Å². The molecular weight excluding hydrogens is 156 g/mol. The highest BCUT2D eigenvalue weighted by Gasteiger charge is 2.22. The number of hydrogen-bond donors (Lipinski definition) is 2. The van der Waals surface area contributed by atoms with Crippen LogP contribution in [0.4, 0.5) is 0 Å². The third kappa shape index (κ3) is 3.69. The van der Waals surface area contributed by atoms with E-state index in [0.29, 0.717) is 0 Å². The van der Waals surface area contributed by atoms with Gasteiger partial charge in [0.05, 0.1) is 6.10 Å². The lowest BCUT2D eigenvalue weighted by molar-refractivity contribution is -0.139. The summed E-state index contributed by atoms with van der Waals surface area (Å²) in [5, 5.41) is 0. The van der Waals surface area contributed by atoms with Crippen molar-refractivity contribution in [2.75, 3.05) is 0 Å². The second-order valence-corrected chi connectivity index (χ2v) is 3.36. The fraction of sp³-hybridized carbons (Fsp3) is 0.875. The van der Waals surface area contributed by atoms with Gasteiger partial charge in [0.2, 0.25) is 0 Å². The van der Waals surface area contributed by atoms with E-state index in [-0.39, 0.29) is 17.9 Å². The molecule has 0 fully saturated rings. The second-order valence-electron chi connectivity index (χ2n) is 3.36. The largest absolute Gasteiger partial charge is 0.365 e. The molecule has 0 heterocycles. The molecule has 3 N–H and O–H groups in total. The Hall–Kier alpha value is -0.610. The van der Waals surface area contributed by atoms with Gasteiger partial charge in [0.25, 0.3) is 5.91 Å². The van der Waals surface area contributed by atoms with Crippen LogP contribution in [0.25, 0.3) is 0 Å². The maximum atomic E-state index is 11.1. The lowest BCUT2D eigenvalue weighted by Gasteiger charge is -2.21. The predicted molar refractivity (Wildman–Crippen MR) is 47.2 cm³/mol. The van der Waals surface area contributed by atoms with E-state index in [2.05, 4.69) is 5.43 Å². The van der Waals surface area contributed by atoms with Crippen molar-refractivity contribution in [1.82, 2.24) is 5.43 Å². The van der Waals surface area contributed by atoms with Gasteiger partial charge in [-0.3, -0.25) is 10.2 Å². The number of carbonyl (C=O) groups is 1. The molecule has 0 spiro atoms.